The normalized spacial score (nSPS) is 26.8. The summed E-state index contributed by atoms with van der Waals surface area (Å²) in [6, 6.07) is 18.5. The molecule has 0 aromatic heterocycles. The van der Waals surface area contributed by atoms with Crippen molar-refractivity contribution in [1.82, 2.24) is 9.80 Å². The Bertz CT molecular complexity index is 965. The predicted octanol–water partition coefficient (Wildman–Crippen LogP) is 5.02. The number of fused-ring (bicyclic) bond motifs is 1. The predicted molar refractivity (Wildman–Crippen MR) is 141 cm³/mol. The van der Waals surface area contributed by atoms with Crippen molar-refractivity contribution in [2.45, 2.75) is 68.9 Å². The van der Waals surface area contributed by atoms with Gasteiger partial charge in [-0.05, 0) is 75.4 Å². The van der Waals surface area contributed by atoms with Gasteiger partial charge in [-0.1, -0.05) is 48.9 Å². The third kappa shape index (κ3) is 5.90. The molecule has 4 unspecified atom stereocenters. The minimum absolute atomic E-state index is 0.0833. The highest BCUT2D eigenvalue weighted by molar-refractivity contribution is 5.76. The molecule has 4 rings (SSSR count). The molecule has 2 aromatic rings. The molecule has 1 aliphatic heterocycles. The maximum Gasteiger partial charge on any atom is 0.222 e. The maximum atomic E-state index is 13.2. The molecule has 0 radical (unpaired) electrons. The highest BCUT2D eigenvalue weighted by Gasteiger charge is 2.53. The fourth-order valence-corrected chi connectivity index (χ4v) is 6.49. The molecule has 4 atom stereocenters. The molecule has 5 nitrogen and oxygen atoms in total. The molecule has 2 fully saturated rings. The summed E-state index contributed by atoms with van der Waals surface area (Å²) in [4.78, 5) is 17.6. The van der Waals surface area contributed by atoms with Gasteiger partial charge >= 0.3 is 0 Å². The Morgan fingerprint density at radius 1 is 1.14 bits per heavy atom. The van der Waals surface area contributed by atoms with Crippen molar-refractivity contribution < 1.29 is 14.6 Å². The molecule has 2 aliphatic rings. The molecule has 2 aromatic carbocycles. The summed E-state index contributed by atoms with van der Waals surface area (Å²) in [7, 11) is 5.97. The summed E-state index contributed by atoms with van der Waals surface area (Å²) >= 11 is 0. The summed E-state index contributed by atoms with van der Waals surface area (Å²) in [5.41, 5.74) is 2.46. The van der Waals surface area contributed by atoms with Crippen LogP contribution in [0.1, 0.15) is 56.1 Å². The summed E-state index contributed by atoms with van der Waals surface area (Å²) < 4.78 is 6.07. The lowest BCUT2D eigenvalue weighted by Gasteiger charge is -2.56. The van der Waals surface area contributed by atoms with E-state index in [0.29, 0.717) is 18.1 Å². The Balaban J connectivity index is 1.42. The number of carbonyl (C=O) groups is 1. The molecule has 0 spiro atoms. The highest BCUT2D eigenvalue weighted by atomic mass is 16.5. The van der Waals surface area contributed by atoms with Crippen molar-refractivity contribution in [2.24, 2.45) is 5.92 Å². The minimum Gasteiger partial charge on any atom is -0.508 e. The minimum atomic E-state index is -0.0981. The zero-order chi connectivity index (χ0) is 24.8. The molecule has 5 heteroatoms. The average Bonchev–Trinajstić information content (AvgIpc) is 2.88. The number of phenols is 1. The SMILES string of the molecule is COC1CC(N(C)C(=O)CCCCCc2ccccc2)CC2(c3cccc(O)c3)CCN(C)CC12. The molecule has 1 heterocycles. The Labute approximate surface area is 211 Å². The second-order valence-corrected chi connectivity index (χ2v) is 10.7. The van der Waals surface area contributed by atoms with Gasteiger partial charge in [-0.25, -0.2) is 0 Å². The molecule has 1 saturated heterocycles. The van der Waals surface area contributed by atoms with Crippen LogP contribution >= 0.6 is 0 Å². The molecule has 190 valence electrons. The van der Waals surface area contributed by atoms with Gasteiger partial charge in [0, 0.05) is 44.5 Å². The molecule has 1 amide bonds. The van der Waals surface area contributed by atoms with Crippen LogP contribution in [0.2, 0.25) is 0 Å². The first-order valence-corrected chi connectivity index (χ1v) is 13.2. The van der Waals surface area contributed by atoms with Crippen LogP contribution in [0.4, 0.5) is 0 Å². The van der Waals surface area contributed by atoms with E-state index in [4.69, 9.17) is 4.74 Å². The lowest BCUT2D eigenvalue weighted by Crippen LogP contribution is -2.61. The first kappa shape index (κ1) is 25.7. The number of aromatic hydroxyl groups is 1. The number of methoxy groups -OCH3 is 1. The fraction of sp³-hybridized carbons (Fsp3) is 0.567. The molecule has 1 saturated carbocycles. The van der Waals surface area contributed by atoms with Gasteiger partial charge in [-0.2, -0.15) is 0 Å². The van der Waals surface area contributed by atoms with Crippen LogP contribution in [0.25, 0.3) is 0 Å². The van der Waals surface area contributed by atoms with E-state index in [2.05, 4.69) is 48.3 Å². The Morgan fingerprint density at radius 3 is 2.69 bits per heavy atom. The number of rotatable bonds is 9. The Morgan fingerprint density at radius 2 is 1.94 bits per heavy atom. The number of ether oxygens (including phenoxy) is 1. The van der Waals surface area contributed by atoms with Gasteiger partial charge in [0.15, 0.2) is 0 Å². The van der Waals surface area contributed by atoms with E-state index in [9.17, 15) is 9.90 Å². The van der Waals surface area contributed by atoms with E-state index in [1.807, 2.05) is 31.2 Å². The molecule has 1 N–H and O–H groups in total. The smallest absolute Gasteiger partial charge is 0.222 e. The lowest BCUT2D eigenvalue weighted by atomic mass is 9.56. The molecule has 1 aliphatic carbocycles. The summed E-state index contributed by atoms with van der Waals surface area (Å²) in [6.45, 7) is 1.98. The number of benzene rings is 2. The number of carbonyl (C=O) groups excluding carboxylic acids is 1. The van der Waals surface area contributed by atoms with Crippen molar-refractivity contribution in [3.63, 3.8) is 0 Å². The van der Waals surface area contributed by atoms with Crippen LogP contribution in [-0.2, 0) is 21.4 Å². The highest BCUT2D eigenvalue weighted by Crippen LogP contribution is 2.51. The van der Waals surface area contributed by atoms with Crippen molar-refractivity contribution in [1.29, 1.82) is 0 Å². The van der Waals surface area contributed by atoms with E-state index < -0.39 is 0 Å². The second-order valence-electron chi connectivity index (χ2n) is 10.7. The van der Waals surface area contributed by atoms with E-state index in [-0.39, 0.29) is 23.5 Å². The number of nitrogens with zero attached hydrogens (tertiary/aromatic N) is 2. The van der Waals surface area contributed by atoms with Crippen LogP contribution < -0.4 is 0 Å². The van der Waals surface area contributed by atoms with Crippen LogP contribution in [-0.4, -0.2) is 67.3 Å². The van der Waals surface area contributed by atoms with Gasteiger partial charge in [-0.15, -0.1) is 0 Å². The molecular formula is C30H42N2O3. The van der Waals surface area contributed by atoms with E-state index in [0.717, 1.165) is 58.0 Å². The standard InChI is InChI=1S/C30H42N2O3/c1-31-18-17-30(24-14-10-15-26(33)19-24)21-25(20-28(35-3)27(30)22-31)32(2)29(34)16-9-5-8-13-23-11-6-4-7-12-23/h4,6-7,10-12,14-15,19,25,27-28,33H,5,8-9,13,16-18,20-22H2,1-3H3. The first-order valence-electron chi connectivity index (χ1n) is 13.2. The van der Waals surface area contributed by atoms with Gasteiger partial charge < -0.3 is 19.6 Å². The van der Waals surface area contributed by atoms with Crippen LogP contribution in [0.3, 0.4) is 0 Å². The molecular weight excluding hydrogens is 436 g/mol. The average molecular weight is 479 g/mol. The topological polar surface area (TPSA) is 53.0 Å². The van der Waals surface area contributed by atoms with Crippen molar-refractivity contribution in [3.8, 4) is 5.75 Å². The lowest BCUT2D eigenvalue weighted by molar-refractivity contribution is -0.137. The van der Waals surface area contributed by atoms with Crippen LogP contribution in [0, 0.1) is 5.92 Å². The fourth-order valence-electron chi connectivity index (χ4n) is 6.49. The Kier molecular flexibility index (Phi) is 8.51. The zero-order valence-corrected chi connectivity index (χ0v) is 21.7. The summed E-state index contributed by atoms with van der Waals surface area (Å²) in [6.07, 6.45) is 7.68. The molecule has 35 heavy (non-hydrogen) atoms. The number of amides is 1. The van der Waals surface area contributed by atoms with Crippen LogP contribution in [0.15, 0.2) is 54.6 Å². The third-order valence-corrected chi connectivity index (χ3v) is 8.57. The number of piperidine rings is 1. The van der Waals surface area contributed by atoms with Gasteiger partial charge in [0.2, 0.25) is 5.91 Å². The summed E-state index contributed by atoms with van der Waals surface area (Å²) in [5.74, 6) is 0.887. The summed E-state index contributed by atoms with van der Waals surface area (Å²) in [5, 5.41) is 10.3. The van der Waals surface area contributed by atoms with Crippen molar-refractivity contribution in [3.05, 3.63) is 65.7 Å². The van der Waals surface area contributed by atoms with E-state index in [1.54, 1.807) is 6.07 Å². The van der Waals surface area contributed by atoms with Crippen molar-refractivity contribution >= 4 is 5.91 Å². The monoisotopic (exact) mass is 478 g/mol. The largest absolute Gasteiger partial charge is 0.508 e. The number of aryl methyl sites for hydroxylation is 1. The number of hydrogen-bond donors (Lipinski definition) is 1. The Hall–Kier alpha value is -2.37. The van der Waals surface area contributed by atoms with Gasteiger partial charge in [-0.3, -0.25) is 4.79 Å². The van der Waals surface area contributed by atoms with Crippen molar-refractivity contribution in [2.75, 3.05) is 34.3 Å². The number of unbranched alkanes of at least 4 members (excludes halogenated alkanes) is 2. The van der Waals surface area contributed by atoms with E-state index >= 15 is 0 Å². The first-order chi connectivity index (χ1) is 16.9. The van der Waals surface area contributed by atoms with Gasteiger partial charge in [0.05, 0.1) is 6.10 Å². The molecule has 0 bridgehead atoms. The second kappa shape index (κ2) is 11.6. The third-order valence-electron chi connectivity index (χ3n) is 8.57. The van der Waals surface area contributed by atoms with E-state index in [1.165, 1.54) is 11.1 Å². The zero-order valence-electron chi connectivity index (χ0n) is 21.7. The quantitative estimate of drug-likeness (QED) is 0.514. The van der Waals surface area contributed by atoms with Crippen LogP contribution in [0.5, 0.6) is 5.75 Å². The maximum absolute atomic E-state index is 13.2. The number of hydrogen-bond acceptors (Lipinski definition) is 4. The number of likely N-dealkylation sites (tertiary alicyclic amines) is 1. The van der Waals surface area contributed by atoms with Gasteiger partial charge in [0.25, 0.3) is 0 Å². The number of phenolic OH excluding ortho intramolecular Hbond substituents is 1. The van der Waals surface area contributed by atoms with Gasteiger partial charge in [0.1, 0.15) is 5.75 Å².